The number of carbonyl (C=O) groups excluding carboxylic acids is 1. The molecule has 0 saturated heterocycles. The first kappa shape index (κ1) is 15.3. The minimum absolute atomic E-state index is 0.00163. The van der Waals surface area contributed by atoms with Crippen LogP contribution in [0, 0.1) is 17.2 Å². The summed E-state index contributed by atoms with van der Waals surface area (Å²) in [4.78, 5) is 11.8. The summed E-state index contributed by atoms with van der Waals surface area (Å²) in [6, 6.07) is 9.02. The number of amides is 1. The highest BCUT2D eigenvalue weighted by atomic mass is 35.5. The number of rotatable bonds is 5. The summed E-state index contributed by atoms with van der Waals surface area (Å²) in [5, 5.41) is 12.2. The molecule has 19 heavy (non-hydrogen) atoms. The Balaban J connectivity index is 2.58. The van der Waals surface area contributed by atoms with E-state index in [1.807, 2.05) is 13.8 Å². The van der Waals surface area contributed by atoms with Gasteiger partial charge in [0.05, 0.1) is 11.1 Å². The van der Waals surface area contributed by atoms with Gasteiger partial charge < -0.3 is 10.1 Å². The van der Waals surface area contributed by atoms with E-state index in [-0.39, 0.29) is 18.4 Å². The number of nitrogens with zero attached hydrogens (tertiary/aromatic N) is 1. The van der Waals surface area contributed by atoms with Crippen molar-refractivity contribution in [2.75, 3.05) is 6.61 Å². The van der Waals surface area contributed by atoms with E-state index in [1.54, 1.807) is 31.2 Å². The van der Waals surface area contributed by atoms with E-state index in [0.29, 0.717) is 10.8 Å². The summed E-state index contributed by atoms with van der Waals surface area (Å²) in [6.07, 6.45) is 0. The van der Waals surface area contributed by atoms with E-state index >= 15 is 0 Å². The Kier molecular flexibility index (Phi) is 5.20. The maximum Gasteiger partial charge on any atom is 0.259 e. The smallest absolute Gasteiger partial charge is 0.259 e. The van der Waals surface area contributed by atoms with E-state index in [2.05, 4.69) is 11.4 Å². The number of benzene rings is 1. The largest absolute Gasteiger partial charge is 0.482 e. The summed E-state index contributed by atoms with van der Waals surface area (Å²) in [5.41, 5.74) is -0.902. The second-order valence-corrected chi connectivity index (χ2v) is 5.14. The lowest BCUT2D eigenvalue weighted by molar-refractivity contribution is -0.124. The molecule has 102 valence electrons. The molecule has 0 aliphatic carbocycles. The van der Waals surface area contributed by atoms with Crippen molar-refractivity contribution >= 4 is 17.5 Å². The molecule has 0 radical (unpaired) electrons. The summed E-state index contributed by atoms with van der Waals surface area (Å²) >= 11 is 5.91. The first-order valence-corrected chi connectivity index (χ1v) is 6.36. The number of carbonyl (C=O) groups is 1. The number of nitrogens with one attached hydrogen (secondary N) is 1. The Morgan fingerprint density at radius 3 is 2.68 bits per heavy atom. The van der Waals surface area contributed by atoms with Crippen LogP contribution in [-0.4, -0.2) is 18.1 Å². The molecular formula is C14H17ClN2O2. The van der Waals surface area contributed by atoms with Gasteiger partial charge in [-0.25, -0.2) is 0 Å². The molecule has 1 rings (SSSR count). The fourth-order valence-electron chi connectivity index (χ4n) is 1.33. The molecule has 1 unspecified atom stereocenters. The van der Waals surface area contributed by atoms with Gasteiger partial charge in [-0.2, -0.15) is 5.26 Å². The van der Waals surface area contributed by atoms with Crippen molar-refractivity contribution in [3.8, 4) is 11.8 Å². The van der Waals surface area contributed by atoms with Crippen molar-refractivity contribution in [3.63, 3.8) is 0 Å². The van der Waals surface area contributed by atoms with E-state index < -0.39 is 5.54 Å². The molecule has 1 N–H and O–H groups in total. The monoisotopic (exact) mass is 280 g/mol. The Morgan fingerprint density at radius 2 is 2.16 bits per heavy atom. The van der Waals surface area contributed by atoms with Crippen molar-refractivity contribution in [3.05, 3.63) is 29.3 Å². The SMILES string of the molecule is CC(C)C(C)(C#N)NC(=O)COc1ccccc1Cl. The average Bonchev–Trinajstić information content (AvgIpc) is 2.37. The van der Waals surface area contributed by atoms with Crippen LogP contribution < -0.4 is 10.1 Å². The fourth-order valence-corrected chi connectivity index (χ4v) is 1.52. The molecule has 0 fully saturated rings. The predicted molar refractivity (Wildman–Crippen MR) is 73.9 cm³/mol. The van der Waals surface area contributed by atoms with Gasteiger partial charge in [0.15, 0.2) is 6.61 Å². The molecule has 4 nitrogen and oxygen atoms in total. The molecule has 0 spiro atoms. The maximum absolute atomic E-state index is 11.8. The number of para-hydroxylation sites is 1. The maximum atomic E-state index is 11.8. The molecule has 5 heteroatoms. The molecular weight excluding hydrogens is 264 g/mol. The fraction of sp³-hybridized carbons (Fsp3) is 0.429. The number of halogens is 1. The third kappa shape index (κ3) is 4.15. The van der Waals surface area contributed by atoms with Gasteiger partial charge in [-0.05, 0) is 25.0 Å². The van der Waals surface area contributed by atoms with Crippen LogP contribution in [0.25, 0.3) is 0 Å². The third-order valence-electron chi connectivity index (χ3n) is 2.98. The van der Waals surface area contributed by atoms with Crippen LogP contribution in [0.5, 0.6) is 5.75 Å². The number of hydrogen-bond acceptors (Lipinski definition) is 3. The highest BCUT2D eigenvalue weighted by Crippen LogP contribution is 2.23. The molecule has 1 amide bonds. The summed E-state index contributed by atoms with van der Waals surface area (Å²) in [7, 11) is 0. The van der Waals surface area contributed by atoms with Crippen molar-refractivity contribution in [1.82, 2.24) is 5.32 Å². The lowest BCUT2D eigenvalue weighted by Crippen LogP contribution is -2.50. The first-order chi connectivity index (χ1) is 8.89. The molecule has 0 aliphatic heterocycles. The van der Waals surface area contributed by atoms with Crippen LogP contribution in [0.15, 0.2) is 24.3 Å². The summed E-state index contributed by atoms with van der Waals surface area (Å²) < 4.78 is 5.32. The second-order valence-electron chi connectivity index (χ2n) is 4.74. The molecule has 1 aromatic carbocycles. The Hall–Kier alpha value is -1.73. The van der Waals surface area contributed by atoms with E-state index in [4.69, 9.17) is 21.6 Å². The molecule has 0 heterocycles. The quantitative estimate of drug-likeness (QED) is 0.902. The minimum Gasteiger partial charge on any atom is -0.482 e. The van der Waals surface area contributed by atoms with Gasteiger partial charge in [0.2, 0.25) is 0 Å². The normalized spacial score (nSPS) is 13.5. The van der Waals surface area contributed by atoms with Crippen LogP contribution in [0.4, 0.5) is 0 Å². The number of hydrogen-bond donors (Lipinski definition) is 1. The number of nitriles is 1. The number of ether oxygens (including phenoxy) is 1. The Morgan fingerprint density at radius 1 is 1.53 bits per heavy atom. The molecule has 0 saturated carbocycles. The van der Waals surface area contributed by atoms with Gasteiger partial charge >= 0.3 is 0 Å². The van der Waals surface area contributed by atoms with Crippen molar-refractivity contribution < 1.29 is 9.53 Å². The molecule has 1 atom stereocenters. The molecule has 0 aliphatic rings. The van der Waals surface area contributed by atoms with Gasteiger partial charge in [-0.15, -0.1) is 0 Å². The minimum atomic E-state index is -0.902. The summed E-state index contributed by atoms with van der Waals surface area (Å²) in [6.45, 7) is 5.26. The zero-order valence-electron chi connectivity index (χ0n) is 11.2. The van der Waals surface area contributed by atoms with Gasteiger partial charge in [0.1, 0.15) is 11.3 Å². The lowest BCUT2D eigenvalue weighted by atomic mass is 9.90. The van der Waals surface area contributed by atoms with E-state index in [0.717, 1.165) is 0 Å². The molecule has 0 bridgehead atoms. The van der Waals surface area contributed by atoms with Crippen LogP contribution >= 0.6 is 11.6 Å². The Bertz CT molecular complexity index is 496. The predicted octanol–water partition coefficient (Wildman–Crippen LogP) is 2.77. The van der Waals surface area contributed by atoms with Crippen LogP contribution in [0.1, 0.15) is 20.8 Å². The highest BCUT2D eigenvalue weighted by Gasteiger charge is 2.30. The van der Waals surface area contributed by atoms with Crippen LogP contribution in [0.2, 0.25) is 5.02 Å². The van der Waals surface area contributed by atoms with Gasteiger partial charge in [0, 0.05) is 0 Å². The standard InChI is InChI=1S/C14H17ClN2O2/c1-10(2)14(3,9-16)17-13(18)8-19-12-7-5-4-6-11(12)15/h4-7,10H,8H2,1-3H3,(H,17,18). The van der Waals surface area contributed by atoms with Crippen molar-refractivity contribution in [2.24, 2.45) is 5.92 Å². The summed E-state index contributed by atoms with van der Waals surface area (Å²) in [5.74, 6) is 0.0990. The Labute approximate surface area is 118 Å². The van der Waals surface area contributed by atoms with Crippen molar-refractivity contribution in [2.45, 2.75) is 26.3 Å². The topological polar surface area (TPSA) is 62.1 Å². The second kappa shape index (κ2) is 6.44. The van der Waals surface area contributed by atoms with Gasteiger partial charge in [-0.3, -0.25) is 4.79 Å². The molecule has 1 aromatic rings. The van der Waals surface area contributed by atoms with E-state index in [1.165, 1.54) is 0 Å². The van der Waals surface area contributed by atoms with Crippen LogP contribution in [0.3, 0.4) is 0 Å². The zero-order chi connectivity index (χ0) is 14.5. The van der Waals surface area contributed by atoms with Crippen LogP contribution in [-0.2, 0) is 4.79 Å². The lowest BCUT2D eigenvalue weighted by Gasteiger charge is -2.27. The zero-order valence-corrected chi connectivity index (χ0v) is 12.0. The molecule has 0 aromatic heterocycles. The van der Waals surface area contributed by atoms with Gasteiger partial charge in [0.25, 0.3) is 5.91 Å². The van der Waals surface area contributed by atoms with Gasteiger partial charge in [-0.1, -0.05) is 37.6 Å². The van der Waals surface area contributed by atoms with E-state index in [9.17, 15) is 4.79 Å². The third-order valence-corrected chi connectivity index (χ3v) is 3.29. The first-order valence-electron chi connectivity index (χ1n) is 5.98. The highest BCUT2D eigenvalue weighted by molar-refractivity contribution is 6.32. The van der Waals surface area contributed by atoms with Crippen molar-refractivity contribution in [1.29, 1.82) is 5.26 Å². The average molecular weight is 281 g/mol.